The minimum atomic E-state index is -3.79. The lowest BCUT2D eigenvalue weighted by molar-refractivity contribution is -0.384. The van der Waals surface area contributed by atoms with Gasteiger partial charge >= 0.3 is 0 Å². The maximum absolute atomic E-state index is 12.1. The largest absolute Gasteiger partial charge is 0.381 e. The van der Waals surface area contributed by atoms with Gasteiger partial charge in [0.05, 0.1) is 15.9 Å². The number of halogens is 1. The van der Waals surface area contributed by atoms with Gasteiger partial charge in [0.2, 0.25) is 10.0 Å². The van der Waals surface area contributed by atoms with Gasteiger partial charge in [-0.25, -0.2) is 13.1 Å². The summed E-state index contributed by atoms with van der Waals surface area (Å²) in [6.45, 7) is 0. The van der Waals surface area contributed by atoms with Crippen molar-refractivity contribution < 1.29 is 18.1 Å². The Hall–Kier alpha value is -1.22. The topological polar surface area (TPSA) is 98.5 Å². The summed E-state index contributed by atoms with van der Waals surface area (Å²) in [5.74, 6) is 0. The van der Waals surface area contributed by atoms with Gasteiger partial charge in [0.15, 0.2) is 0 Å². The first-order chi connectivity index (χ1) is 9.33. The molecule has 1 aromatic rings. The van der Waals surface area contributed by atoms with Crippen molar-refractivity contribution >= 4 is 27.3 Å². The normalized spacial score (nSPS) is 22.3. The van der Waals surface area contributed by atoms with E-state index in [1.807, 2.05) is 0 Å². The van der Waals surface area contributed by atoms with E-state index in [1.54, 1.807) is 7.11 Å². The molecule has 1 aliphatic rings. The number of rotatable bonds is 5. The molecule has 1 aromatic carbocycles. The number of benzene rings is 1. The molecule has 0 aromatic heterocycles. The number of sulfonamides is 1. The molecule has 1 aliphatic carbocycles. The van der Waals surface area contributed by atoms with E-state index in [1.165, 1.54) is 12.1 Å². The Bertz CT molecular complexity index is 628. The first kappa shape index (κ1) is 15.2. The Morgan fingerprint density at radius 1 is 1.45 bits per heavy atom. The highest BCUT2D eigenvalue weighted by atomic mass is 35.5. The van der Waals surface area contributed by atoms with Crippen LogP contribution < -0.4 is 4.72 Å². The number of hydrogen-bond acceptors (Lipinski definition) is 5. The monoisotopic (exact) mass is 320 g/mol. The summed E-state index contributed by atoms with van der Waals surface area (Å²) in [5, 5.41) is 10.7. The number of hydrogen-bond donors (Lipinski definition) is 1. The molecule has 0 unspecified atom stereocenters. The van der Waals surface area contributed by atoms with Gasteiger partial charge in [-0.3, -0.25) is 10.1 Å². The molecule has 1 N–H and O–H groups in total. The van der Waals surface area contributed by atoms with Crippen LogP contribution in [0.15, 0.2) is 23.1 Å². The number of nitrogens with one attached hydrogen (secondary N) is 1. The molecule has 0 amide bonds. The van der Waals surface area contributed by atoms with Gasteiger partial charge in [0, 0.05) is 19.2 Å². The molecule has 9 heteroatoms. The van der Waals surface area contributed by atoms with Crippen LogP contribution in [0.2, 0.25) is 5.02 Å². The van der Waals surface area contributed by atoms with Crippen LogP contribution in [0, 0.1) is 10.1 Å². The second kappa shape index (κ2) is 5.65. The van der Waals surface area contributed by atoms with Crippen molar-refractivity contribution in [2.45, 2.75) is 29.9 Å². The van der Waals surface area contributed by atoms with Crippen LogP contribution >= 0.6 is 11.6 Å². The van der Waals surface area contributed by atoms with E-state index in [0.717, 1.165) is 6.07 Å². The smallest absolute Gasteiger partial charge is 0.289 e. The summed E-state index contributed by atoms with van der Waals surface area (Å²) in [4.78, 5) is 9.87. The maximum Gasteiger partial charge on any atom is 0.289 e. The van der Waals surface area contributed by atoms with Gasteiger partial charge in [0.25, 0.3) is 5.69 Å². The Morgan fingerprint density at radius 3 is 2.65 bits per heavy atom. The van der Waals surface area contributed by atoms with Gasteiger partial charge in [-0.2, -0.15) is 0 Å². The van der Waals surface area contributed by atoms with Gasteiger partial charge in [0.1, 0.15) is 5.02 Å². The molecular weight excluding hydrogens is 308 g/mol. The molecule has 0 atom stereocenters. The van der Waals surface area contributed by atoms with Gasteiger partial charge in [-0.15, -0.1) is 0 Å². The van der Waals surface area contributed by atoms with E-state index < -0.39 is 20.6 Å². The van der Waals surface area contributed by atoms with E-state index in [0.29, 0.717) is 12.8 Å². The standard InChI is InChI=1S/C11H13ClN2O5S/c1-19-8-4-7(5-8)13-20(17,18)9-2-3-10(12)11(6-9)14(15)16/h2-3,6-8,13H,4-5H2,1H3. The van der Waals surface area contributed by atoms with Crippen LogP contribution in [-0.2, 0) is 14.8 Å². The summed E-state index contributed by atoms with van der Waals surface area (Å²) in [6.07, 6.45) is 1.24. The Morgan fingerprint density at radius 2 is 2.10 bits per heavy atom. The highest BCUT2D eigenvalue weighted by molar-refractivity contribution is 7.89. The average molecular weight is 321 g/mol. The van der Waals surface area contributed by atoms with Crippen LogP contribution in [0.3, 0.4) is 0 Å². The van der Waals surface area contributed by atoms with Crippen LogP contribution in [-0.4, -0.2) is 32.6 Å². The second-order valence-electron chi connectivity index (χ2n) is 4.52. The summed E-state index contributed by atoms with van der Waals surface area (Å²) >= 11 is 5.65. The molecule has 1 saturated carbocycles. The lowest BCUT2D eigenvalue weighted by Gasteiger charge is -2.34. The van der Waals surface area contributed by atoms with Crippen LogP contribution in [0.25, 0.3) is 0 Å². The summed E-state index contributed by atoms with van der Waals surface area (Å²) in [6, 6.07) is 3.19. The van der Waals surface area contributed by atoms with Crippen LogP contribution in [0.4, 0.5) is 5.69 Å². The molecule has 2 rings (SSSR count). The Labute approximate surface area is 121 Å². The lowest BCUT2D eigenvalue weighted by atomic mass is 9.90. The first-order valence-corrected chi connectivity index (χ1v) is 7.68. The maximum atomic E-state index is 12.1. The average Bonchev–Trinajstić information content (AvgIpc) is 2.33. The van der Waals surface area contributed by atoms with Gasteiger partial charge < -0.3 is 4.74 Å². The first-order valence-electron chi connectivity index (χ1n) is 5.82. The molecule has 0 aliphatic heterocycles. The minimum Gasteiger partial charge on any atom is -0.381 e. The quantitative estimate of drug-likeness (QED) is 0.657. The molecule has 0 heterocycles. The van der Waals surface area contributed by atoms with Crippen LogP contribution in [0.5, 0.6) is 0 Å². The third-order valence-corrected chi connectivity index (χ3v) is 5.01. The van der Waals surface area contributed by atoms with Crippen LogP contribution in [0.1, 0.15) is 12.8 Å². The van der Waals surface area contributed by atoms with Crippen molar-refractivity contribution in [3.8, 4) is 0 Å². The van der Waals surface area contributed by atoms with E-state index in [9.17, 15) is 18.5 Å². The molecule has 0 radical (unpaired) electrons. The van der Waals surface area contributed by atoms with Crippen molar-refractivity contribution in [1.82, 2.24) is 4.72 Å². The number of nitro groups is 1. The van der Waals surface area contributed by atoms with Crippen molar-refractivity contribution in [3.05, 3.63) is 33.3 Å². The summed E-state index contributed by atoms with van der Waals surface area (Å²) in [5.41, 5.74) is -0.432. The fourth-order valence-corrected chi connectivity index (χ4v) is 3.41. The number of methoxy groups -OCH3 is 1. The number of nitro benzene ring substituents is 1. The lowest BCUT2D eigenvalue weighted by Crippen LogP contribution is -2.47. The van der Waals surface area contributed by atoms with Crippen molar-refractivity contribution in [2.24, 2.45) is 0 Å². The molecule has 7 nitrogen and oxygen atoms in total. The fourth-order valence-electron chi connectivity index (χ4n) is 1.94. The predicted molar refractivity (Wildman–Crippen MR) is 72.2 cm³/mol. The van der Waals surface area contributed by atoms with E-state index in [-0.39, 0.29) is 22.1 Å². The molecule has 0 saturated heterocycles. The van der Waals surface area contributed by atoms with E-state index in [4.69, 9.17) is 16.3 Å². The third kappa shape index (κ3) is 3.09. The highest BCUT2D eigenvalue weighted by Gasteiger charge is 2.33. The number of ether oxygens (including phenoxy) is 1. The molecule has 110 valence electrons. The second-order valence-corrected chi connectivity index (χ2v) is 6.64. The summed E-state index contributed by atoms with van der Waals surface area (Å²) in [7, 11) is -2.23. The summed E-state index contributed by atoms with van der Waals surface area (Å²) < 4.78 is 31.7. The predicted octanol–water partition coefficient (Wildman–Crippen LogP) is 1.70. The zero-order valence-corrected chi connectivity index (χ0v) is 12.1. The third-order valence-electron chi connectivity index (χ3n) is 3.17. The molecule has 1 fully saturated rings. The molecular formula is C11H13ClN2O5S. The minimum absolute atomic E-state index is 0.0576. The van der Waals surface area contributed by atoms with Gasteiger partial charge in [-0.1, -0.05) is 11.6 Å². The van der Waals surface area contributed by atoms with E-state index >= 15 is 0 Å². The molecule has 20 heavy (non-hydrogen) atoms. The SMILES string of the molecule is COC1CC(NS(=O)(=O)c2ccc(Cl)c([N+](=O)[O-])c2)C1. The Balaban J connectivity index is 2.18. The zero-order valence-electron chi connectivity index (χ0n) is 10.6. The van der Waals surface area contributed by atoms with Gasteiger partial charge in [-0.05, 0) is 25.0 Å². The Kier molecular flexibility index (Phi) is 4.28. The molecule has 0 spiro atoms. The van der Waals surface area contributed by atoms with E-state index in [2.05, 4.69) is 4.72 Å². The highest BCUT2D eigenvalue weighted by Crippen LogP contribution is 2.29. The van der Waals surface area contributed by atoms with Crippen molar-refractivity contribution in [1.29, 1.82) is 0 Å². The fraction of sp³-hybridized carbons (Fsp3) is 0.455. The molecule has 0 bridgehead atoms. The van der Waals surface area contributed by atoms with Crippen molar-refractivity contribution in [3.63, 3.8) is 0 Å². The zero-order chi connectivity index (χ0) is 14.9. The number of nitrogens with zero attached hydrogens (tertiary/aromatic N) is 1. The van der Waals surface area contributed by atoms with Crippen molar-refractivity contribution in [2.75, 3.05) is 7.11 Å².